The van der Waals surface area contributed by atoms with Crippen LogP contribution < -0.4 is 5.32 Å². The third kappa shape index (κ3) is 4.74. The van der Waals surface area contributed by atoms with E-state index in [0.717, 1.165) is 24.0 Å². The fourth-order valence-electron chi connectivity index (χ4n) is 4.46. The molecule has 1 fully saturated rings. The first-order valence-corrected chi connectivity index (χ1v) is 13.3. The maximum atomic E-state index is 13.0. The van der Waals surface area contributed by atoms with Crippen LogP contribution in [0.25, 0.3) is 11.5 Å². The van der Waals surface area contributed by atoms with Crippen molar-refractivity contribution in [2.24, 2.45) is 0 Å². The van der Waals surface area contributed by atoms with Crippen molar-refractivity contribution in [2.45, 2.75) is 38.8 Å². The maximum absolute atomic E-state index is 13.0. The van der Waals surface area contributed by atoms with Gasteiger partial charge in [-0.15, -0.1) is 10.2 Å². The molecule has 3 aromatic rings. The van der Waals surface area contributed by atoms with Gasteiger partial charge in [-0.25, -0.2) is 4.98 Å². The topological polar surface area (TPSA) is 146 Å². The molecule has 190 valence electrons. The number of amides is 1. The van der Waals surface area contributed by atoms with Crippen molar-refractivity contribution in [2.75, 3.05) is 31.6 Å². The summed E-state index contributed by atoms with van der Waals surface area (Å²) in [5.74, 6) is 0.326. The zero-order valence-corrected chi connectivity index (χ0v) is 20.7. The summed E-state index contributed by atoms with van der Waals surface area (Å²) in [6.07, 6.45) is 5.48. The van der Waals surface area contributed by atoms with Gasteiger partial charge in [0, 0.05) is 32.4 Å². The molecular weight excluding hydrogens is 484 g/mol. The van der Waals surface area contributed by atoms with Gasteiger partial charge in [0.15, 0.2) is 5.82 Å². The zero-order valence-electron chi connectivity index (χ0n) is 19.9. The van der Waals surface area contributed by atoms with Crippen LogP contribution in [0.3, 0.4) is 0 Å². The van der Waals surface area contributed by atoms with Crippen LogP contribution >= 0.6 is 0 Å². The number of nitrogens with zero attached hydrogens (tertiary/aromatic N) is 7. The number of anilines is 1. The van der Waals surface area contributed by atoms with Gasteiger partial charge in [-0.2, -0.15) is 17.0 Å². The van der Waals surface area contributed by atoms with Crippen molar-refractivity contribution in [3.05, 3.63) is 53.6 Å². The molecule has 0 spiro atoms. The summed E-state index contributed by atoms with van der Waals surface area (Å²) < 4.78 is 30.7. The van der Waals surface area contributed by atoms with Gasteiger partial charge in [0.25, 0.3) is 16.1 Å². The van der Waals surface area contributed by atoms with Gasteiger partial charge in [0.2, 0.25) is 0 Å². The second-order valence-electron chi connectivity index (χ2n) is 8.99. The number of rotatable bonds is 7. The molecule has 36 heavy (non-hydrogen) atoms. The number of aliphatic hydroxyl groups is 1. The van der Waals surface area contributed by atoms with Crippen molar-refractivity contribution in [3.8, 4) is 11.5 Å². The number of aliphatic hydroxyl groups excluding tert-OH is 1. The summed E-state index contributed by atoms with van der Waals surface area (Å²) in [5, 5.41) is 20.2. The third-order valence-corrected chi connectivity index (χ3v) is 8.52. The minimum atomic E-state index is -3.52. The molecule has 3 aromatic heterocycles. The average molecular weight is 513 g/mol. The molecule has 0 aromatic carbocycles. The molecular formula is C23H28N8O4S. The minimum absolute atomic E-state index is 0.0811. The lowest BCUT2D eigenvalue weighted by molar-refractivity contribution is 0.102. The lowest BCUT2D eigenvalue weighted by Crippen LogP contribution is -2.44. The number of fused-ring (bicyclic) bond motifs is 1. The maximum Gasteiger partial charge on any atom is 0.282 e. The fraction of sp³-hybridized carbons (Fsp3) is 0.435. The molecule has 1 atom stereocenters. The molecule has 0 radical (unpaired) electrons. The van der Waals surface area contributed by atoms with Crippen molar-refractivity contribution in [1.82, 2.24) is 33.3 Å². The molecule has 5 rings (SSSR count). The summed E-state index contributed by atoms with van der Waals surface area (Å²) in [6.45, 7) is 3.46. The number of pyridine rings is 2. The van der Waals surface area contributed by atoms with Crippen molar-refractivity contribution in [3.63, 3.8) is 0 Å². The Morgan fingerprint density at radius 1 is 1.17 bits per heavy atom. The van der Waals surface area contributed by atoms with Crippen LogP contribution in [-0.2, 0) is 23.2 Å². The second kappa shape index (κ2) is 10.0. The molecule has 0 bridgehead atoms. The van der Waals surface area contributed by atoms with E-state index in [9.17, 15) is 18.3 Å². The fourth-order valence-corrected chi connectivity index (χ4v) is 6.13. The summed E-state index contributed by atoms with van der Waals surface area (Å²) in [6, 6.07) is 6.55. The Bertz CT molecular complexity index is 1370. The molecule has 1 amide bonds. The number of hydrogen-bond donors (Lipinski definition) is 2. The van der Waals surface area contributed by atoms with Gasteiger partial charge in [-0.3, -0.25) is 9.78 Å². The van der Waals surface area contributed by atoms with Gasteiger partial charge < -0.3 is 15.0 Å². The smallest absolute Gasteiger partial charge is 0.282 e. The van der Waals surface area contributed by atoms with Crippen molar-refractivity contribution in [1.29, 1.82) is 0 Å². The van der Waals surface area contributed by atoms with E-state index in [-0.39, 0.29) is 24.9 Å². The highest BCUT2D eigenvalue weighted by atomic mass is 32.2. The Hall–Kier alpha value is -3.26. The molecule has 2 aliphatic rings. The molecule has 0 saturated carbocycles. The standard InChI is InChI=1S/C23H28N8O4S/c1-16(14-32)31-15-25-28-22(31)19-5-4-6-21(26-19)27-23(33)20-11-18-13-30(10-7-17(18)12-24-20)36(34,35)29-8-2-3-9-29/h4-6,11-12,15-16,32H,2-3,7-10,13-14H2,1H3,(H,26,27,33)/t16-/m1/s1. The third-order valence-electron chi connectivity index (χ3n) is 6.54. The van der Waals surface area contributed by atoms with Crippen LogP contribution in [0.5, 0.6) is 0 Å². The molecule has 5 heterocycles. The Kier molecular flexibility index (Phi) is 6.79. The lowest BCUT2D eigenvalue weighted by atomic mass is 10.0. The van der Waals surface area contributed by atoms with Gasteiger partial charge in [-0.05, 0) is 55.5 Å². The second-order valence-corrected chi connectivity index (χ2v) is 10.9. The van der Waals surface area contributed by atoms with Crippen LogP contribution in [0.15, 0.2) is 36.8 Å². The van der Waals surface area contributed by atoms with Gasteiger partial charge in [0.05, 0.1) is 12.6 Å². The molecule has 2 aliphatic heterocycles. The molecule has 0 aliphatic carbocycles. The van der Waals surface area contributed by atoms with Crippen molar-refractivity contribution < 1.29 is 18.3 Å². The predicted molar refractivity (Wildman–Crippen MR) is 131 cm³/mol. The van der Waals surface area contributed by atoms with Crippen LogP contribution in [0.4, 0.5) is 5.82 Å². The van der Waals surface area contributed by atoms with E-state index in [2.05, 4.69) is 25.5 Å². The first kappa shape index (κ1) is 24.4. The highest BCUT2D eigenvalue weighted by Crippen LogP contribution is 2.25. The van der Waals surface area contributed by atoms with Gasteiger partial charge in [-0.1, -0.05) is 6.07 Å². The van der Waals surface area contributed by atoms with E-state index in [1.165, 1.54) is 14.9 Å². The Morgan fingerprint density at radius 2 is 1.97 bits per heavy atom. The van der Waals surface area contributed by atoms with Gasteiger partial charge >= 0.3 is 0 Å². The predicted octanol–water partition coefficient (Wildman–Crippen LogP) is 1.24. The highest BCUT2D eigenvalue weighted by Gasteiger charge is 2.34. The summed E-state index contributed by atoms with van der Waals surface area (Å²) in [4.78, 5) is 21.8. The minimum Gasteiger partial charge on any atom is -0.394 e. The first-order valence-electron chi connectivity index (χ1n) is 11.9. The summed E-state index contributed by atoms with van der Waals surface area (Å²) >= 11 is 0. The number of hydrogen-bond acceptors (Lipinski definition) is 8. The van der Waals surface area contributed by atoms with E-state index in [4.69, 9.17) is 0 Å². The molecule has 0 unspecified atom stereocenters. The number of carbonyl (C=O) groups is 1. The van der Waals surface area contributed by atoms with E-state index in [1.807, 2.05) is 6.92 Å². The molecule has 1 saturated heterocycles. The van der Waals surface area contributed by atoms with E-state index < -0.39 is 16.1 Å². The van der Waals surface area contributed by atoms with E-state index in [0.29, 0.717) is 43.4 Å². The molecule has 13 heteroatoms. The largest absolute Gasteiger partial charge is 0.394 e. The summed E-state index contributed by atoms with van der Waals surface area (Å²) in [5.41, 5.74) is 2.39. The van der Waals surface area contributed by atoms with Crippen LogP contribution in [0, 0.1) is 0 Å². The van der Waals surface area contributed by atoms with Crippen LogP contribution in [0.2, 0.25) is 0 Å². The quantitative estimate of drug-likeness (QED) is 0.481. The monoisotopic (exact) mass is 512 g/mol. The van der Waals surface area contributed by atoms with E-state index in [1.54, 1.807) is 35.0 Å². The Morgan fingerprint density at radius 3 is 2.75 bits per heavy atom. The molecule has 2 N–H and O–H groups in total. The lowest BCUT2D eigenvalue weighted by Gasteiger charge is -2.31. The number of carbonyl (C=O) groups excluding carboxylic acids is 1. The average Bonchev–Trinajstić information content (AvgIpc) is 3.61. The molecule has 12 nitrogen and oxygen atoms in total. The van der Waals surface area contributed by atoms with Crippen LogP contribution in [0.1, 0.15) is 47.4 Å². The highest BCUT2D eigenvalue weighted by molar-refractivity contribution is 7.86. The van der Waals surface area contributed by atoms with Crippen molar-refractivity contribution >= 4 is 21.9 Å². The number of aromatic nitrogens is 5. The van der Waals surface area contributed by atoms with E-state index >= 15 is 0 Å². The Balaban J connectivity index is 1.33. The van der Waals surface area contributed by atoms with Crippen LogP contribution in [-0.4, -0.2) is 79.0 Å². The van der Waals surface area contributed by atoms with Gasteiger partial charge in [0.1, 0.15) is 23.5 Å². The normalized spacial score (nSPS) is 17.6. The first-order chi connectivity index (χ1) is 17.4. The summed E-state index contributed by atoms with van der Waals surface area (Å²) in [7, 11) is -3.52. The zero-order chi connectivity index (χ0) is 25.3. The number of nitrogens with one attached hydrogen (secondary N) is 1. The SMILES string of the molecule is C[C@H](CO)n1cnnc1-c1cccc(NC(=O)c2cc3c(cn2)CCN(S(=O)(=O)N2CCCC2)C3)n1. The Labute approximate surface area is 209 Å².